The number of hydrogen-bond donors (Lipinski definition) is 1. The molecule has 0 radical (unpaired) electrons. The van der Waals surface area contributed by atoms with Crippen molar-refractivity contribution in [3.05, 3.63) is 91.0 Å². The van der Waals surface area contributed by atoms with Gasteiger partial charge in [-0.25, -0.2) is 0 Å². The largest absolute Gasteiger partial charge is 0.353 e. The van der Waals surface area contributed by atoms with Gasteiger partial charge in [0.1, 0.15) is 0 Å². The third-order valence-corrected chi connectivity index (χ3v) is 14.1. The summed E-state index contributed by atoms with van der Waals surface area (Å²) < 4.78 is 0. The van der Waals surface area contributed by atoms with Crippen LogP contribution in [0.15, 0.2) is 91.0 Å². The first kappa shape index (κ1) is 30.0. The Morgan fingerprint density at radius 1 is 0.744 bits per heavy atom. The number of benzene rings is 3. The van der Waals surface area contributed by atoms with Crippen LogP contribution in [0.2, 0.25) is 0 Å². The molecule has 3 aromatic carbocycles. The summed E-state index contributed by atoms with van der Waals surface area (Å²) in [6.07, 6.45) is 0.912. The molecule has 0 spiro atoms. The summed E-state index contributed by atoms with van der Waals surface area (Å²) >= 11 is 8.01. The number of carbonyl (C=O) groups excluding carboxylic acids is 4. The van der Waals surface area contributed by atoms with Gasteiger partial charge in [-0.05, 0) is 0 Å². The van der Waals surface area contributed by atoms with Gasteiger partial charge in [0.25, 0.3) is 5.91 Å². The second-order valence-electron chi connectivity index (χ2n) is 9.19. The summed E-state index contributed by atoms with van der Waals surface area (Å²) in [5, 5.41) is 5.05. The molecule has 206 valence electrons. The molecule has 4 rings (SSSR count). The number of nitrogens with one attached hydrogen (secondary N) is 1. The SMILES string of the molecule is CCC(=O)N1CCN(C(=O)CP(Cl)(c2ccccc2)(c2ccccc2)c2ccccc2)CC1.CNC(=O)C=O. The monoisotopic (exact) mass is 567 g/mol. The third kappa shape index (κ3) is 6.55. The van der Waals surface area contributed by atoms with Crippen LogP contribution in [-0.4, -0.2) is 73.2 Å². The van der Waals surface area contributed by atoms with Crippen molar-refractivity contribution < 1.29 is 19.2 Å². The fourth-order valence-corrected chi connectivity index (χ4v) is 10.6. The molecule has 9 heteroatoms. The van der Waals surface area contributed by atoms with Crippen LogP contribution in [0.1, 0.15) is 13.3 Å². The second kappa shape index (κ2) is 13.5. The average Bonchev–Trinajstić information content (AvgIpc) is 3.02. The van der Waals surface area contributed by atoms with Gasteiger partial charge < -0.3 is 5.32 Å². The first-order valence-electron chi connectivity index (χ1n) is 12.9. The van der Waals surface area contributed by atoms with Crippen LogP contribution in [0.3, 0.4) is 0 Å². The van der Waals surface area contributed by atoms with Crippen LogP contribution in [0.5, 0.6) is 0 Å². The van der Waals surface area contributed by atoms with Crippen molar-refractivity contribution in [2.45, 2.75) is 13.3 Å². The van der Waals surface area contributed by atoms with E-state index in [1.54, 1.807) is 0 Å². The number of nitrogens with zero attached hydrogens (tertiary/aromatic N) is 2. The van der Waals surface area contributed by atoms with E-state index in [-0.39, 0.29) is 24.3 Å². The van der Waals surface area contributed by atoms with E-state index in [9.17, 15) is 19.2 Å². The molecule has 0 atom stereocenters. The van der Waals surface area contributed by atoms with Gasteiger partial charge in [0.2, 0.25) is 6.29 Å². The van der Waals surface area contributed by atoms with E-state index >= 15 is 0 Å². The van der Waals surface area contributed by atoms with Crippen molar-refractivity contribution >= 4 is 57.1 Å². The van der Waals surface area contributed by atoms with Gasteiger partial charge in [0.15, 0.2) is 0 Å². The van der Waals surface area contributed by atoms with Crippen molar-refractivity contribution in [3.63, 3.8) is 0 Å². The molecule has 1 N–H and O–H groups in total. The fourth-order valence-electron chi connectivity index (χ4n) is 4.78. The number of halogens is 1. The molecule has 7 nitrogen and oxygen atoms in total. The molecule has 0 bridgehead atoms. The number of likely N-dealkylation sites (N-methyl/N-ethyl adjacent to an activating group) is 1. The first-order chi connectivity index (χ1) is 18.8. The Balaban J connectivity index is 0.000000631. The van der Waals surface area contributed by atoms with E-state index in [0.717, 1.165) is 15.9 Å². The molecule has 0 aromatic heterocycles. The van der Waals surface area contributed by atoms with E-state index in [2.05, 4.69) is 41.7 Å². The fraction of sp³-hybridized carbons (Fsp3) is 0.267. The molecular formula is C30H35ClN3O4P. The zero-order chi connectivity index (χ0) is 28.3. The Hall–Kier alpha value is -3.54. The van der Waals surface area contributed by atoms with Crippen molar-refractivity contribution in [1.29, 1.82) is 0 Å². The molecule has 1 aliphatic heterocycles. The second-order valence-corrected chi connectivity index (χ2v) is 15.7. The van der Waals surface area contributed by atoms with E-state index in [0.29, 0.717) is 32.6 Å². The maximum atomic E-state index is 13.9. The zero-order valence-electron chi connectivity index (χ0n) is 22.3. The van der Waals surface area contributed by atoms with E-state index in [1.165, 1.54) is 7.05 Å². The summed E-state index contributed by atoms with van der Waals surface area (Å²) in [7, 11) is 1.40. The van der Waals surface area contributed by atoms with E-state index in [4.69, 9.17) is 11.2 Å². The molecule has 39 heavy (non-hydrogen) atoms. The number of carbonyl (C=O) groups is 4. The maximum absolute atomic E-state index is 13.9. The molecule has 0 unspecified atom stereocenters. The minimum Gasteiger partial charge on any atom is -0.353 e. The van der Waals surface area contributed by atoms with Gasteiger partial charge in [-0.15, -0.1) is 0 Å². The normalized spacial score (nSPS) is 14.2. The van der Waals surface area contributed by atoms with Crippen LogP contribution in [0, 0.1) is 0 Å². The maximum Gasteiger partial charge on any atom is 0.283 e. The Labute approximate surface area is 234 Å². The molecule has 0 saturated carbocycles. The molecular weight excluding hydrogens is 533 g/mol. The Bertz CT molecular complexity index is 1170. The molecule has 1 heterocycles. The molecule has 1 aliphatic rings. The summed E-state index contributed by atoms with van der Waals surface area (Å²) in [5.41, 5.74) is 0. The zero-order valence-corrected chi connectivity index (χ0v) is 24.0. The first-order valence-corrected chi connectivity index (χ1v) is 16.2. The molecule has 3 aromatic rings. The van der Waals surface area contributed by atoms with Crippen LogP contribution in [0.25, 0.3) is 0 Å². The summed E-state index contributed by atoms with van der Waals surface area (Å²) in [6.45, 7) is 4.08. The summed E-state index contributed by atoms with van der Waals surface area (Å²) in [4.78, 5) is 48.7. The van der Waals surface area contributed by atoms with Gasteiger partial charge in [0, 0.05) is 7.05 Å². The minimum absolute atomic E-state index is 0.0304. The topological polar surface area (TPSA) is 86.8 Å². The van der Waals surface area contributed by atoms with Crippen molar-refractivity contribution in [2.75, 3.05) is 39.4 Å². The average molecular weight is 568 g/mol. The van der Waals surface area contributed by atoms with Gasteiger partial charge in [-0.1, -0.05) is 0 Å². The summed E-state index contributed by atoms with van der Waals surface area (Å²) in [5.74, 6) is -4.06. The predicted octanol–water partition coefficient (Wildman–Crippen LogP) is 2.68. The molecule has 1 fully saturated rings. The van der Waals surface area contributed by atoms with Gasteiger partial charge >= 0.3 is 201 Å². The third-order valence-electron chi connectivity index (χ3n) is 6.96. The molecule has 0 aliphatic carbocycles. The number of rotatable bonds is 7. The van der Waals surface area contributed by atoms with Crippen molar-refractivity contribution in [3.8, 4) is 0 Å². The number of piperazine rings is 1. The van der Waals surface area contributed by atoms with Crippen LogP contribution in [0.4, 0.5) is 0 Å². The van der Waals surface area contributed by atoms with Crippen molar-refractivity contribution in [2.24, 2.45) is 0 Å². The molecule has 1 saturated heterocycles. The van der Waals surface area contributed by atoms with Crippen LogP contribution < -0.4 is 21.2 Å². The molecule has 3 amide bonds. The Morgan fingerprint density at radius 2 is 1.10 bits per heavy atom. The van der Waals surface area contributed by atoms with Crippen molar-refractivity contribution in [1.82, 2.24) is 15.1 Å². The number of hydrogen-bond acceptors (Lipinski definition) is 4. The van der Waals surface area contributed by atoms with Gasteiger partial charge in [0.05, 0.1) is 0 Å². The Kier molecular flexibility index (Phi) is 10.4. The quantitative estimate of drug-likeness (QED) is 0.270. The summed E-state index contributed by atoms with van der Waals surface area (Å²) in [6, 6.07) is 30.2. The number of amides is 3. The minimum atomic E-state index is -3.64. The predicted molar refractivity (Wildman–Crippen MR) is 159 cm³/mol. The van der Waals surface area contributed by atoms with Gasteiger partial charge in [-0.3, -0.25) is 9.59 Å². The standard InChI is InChI=1S/C27H30ClN2O2P.C3H5NO2/c1-2-26(31)29-18-20-30(21-19-29)27(32)22-33(28,23-12-6-3-7-13-23,24-14-8-4-9-15-24)25-16-10-5-11-17-25;1-4-3(6)2-5/h3-17H,2,18-22H2,1H3;2H,1H3,(H,4,6). The number of aldehydes is 1. The van der Waals surface area contributed by atoms with Crippen LogP contribution >= 0.6 is 17.2 Å². The smallest absolute Gasteiger partial charge is 0.283 e. The Morgan fingerprint density at radius 3 is 1.38 bits per heavy atom. The van der Waals surface area contributed by atoms with Gasteiger partial charge in [-0.2, -0.15) is 0 Å². The van der Waals surface area contributed by atoms with Crippen LogP contribution in [-0.2, 0) is 19.2 Å². The van der Waals surface area contributed by atoms with E-state index < -0.39 is 11.9 Å². The van der Waals surface area contributed by atoms with E-state index in [1.807, 2.05) is 71.3 Å².